The van der Waals surface area contributed by atoms with Gasteiger partial charge in [0.05, 0.1) is 21.4 Å². The van der Waals surface area contributed by atoms with Crippen LogP contribution in [0.4, 0.5) is 4.39 Å². The molecule has 5 nitrogen and oxygen atoms in total. The van der Waals surface area contributed by atoms with Crippen molar-refractivity contribution in [1.82, 2.24) is 19.7 Å². The van der Waals surface area contributed by atoms with Gasteiger partial charge in [-0.25, -0.2) is 14.1 Å². The molecule has 1 aliphatic heterocycles. The molecule has 2 aromatic heterocycles. The Morgan fingerprint density at radius 1 is 1.17 bits per heavy atom. The van der Waals surface area contributed by atoms with Crippen molar-refractivity contribution in [1.29, 1.82) is 0 Å². The summed E-state index contributed by atoms with van der Waals surface area (Å²) in [5.74, 6) is 0.138. The molecule has 0 amide bonds. The highest BCUT2D eigenvalue weighted by Gasteiger charge is 2.28. The number of hydrogen-bond donors (Lipinski definition) is 0. The number of benzene rings is 1. The number of halogens is 3. The molecule has 1 unspecified atom stereocenters. The van der Waals surface area contributed by atoms with Gasteiger partial charge in [0.15, 0.2) is 11.6 Å². The number of fused-ring (bicyclic) bond motifs is 3. The maximum atomic E-state index is 14.4. The first-order valence-electron chi connectivity index (χ1n) is 7.15. The van der Waals surface area contributed by atoms with Gasteiger partial charge < -0.3 is 0 Å². The maximum Gasteiger partial charge on any atom is 0.156 e. The van der Waals surface area contributed by atoms with E-state index in [4.69, 9.17) is 23.2 Å². The molecule has 4 rings (SSSR count). The Bertz CT molecular complexity index is 982. The van der Waals surface area contributed by atoms with Crippen molar-refractivity contribution in [3.63, 3.8) is 0 Å². The minimum atomic E-state index is -0.488. The van der Waals surface area contributed by atoms with Gasteiger partial charge in [-0.3, -0.25) is 9.98 Å². The smallest absolute Gasteiger partial charge is 0.156 e. The van der Waals surface area contributed by atoms with Gasteiger partial charge in [0.2, 0.25) is 0 Å². The summed E-state index contributed by atoms with van der Waals surface area (Å²) in [6.07, 6.45) is 2.95. The number of hydrogen-bond acceptors (Lipinski definition) is 4. The van der Waals surface area contributed by atoms with Crippen LogP contribution in [0.5, 0.6) is 0 Å². The van der Waals surface area contributed by atoms with Crippen LogP contribution in [0.15, 0.2) is 41.8 Å². The molecule has 0 radical (unpaired) electrons. The van der Waals surface area contributed by atoms with E-state index in [9.17, 15) is 4.39 Å². The number of aromatic nitrogens is 4. The summed E-state index contributed by atoms with van der Waals surface area (Å²) in [7, 11) is 0. The average Bonchev–Trinajstić information content (AvgIpc) is 3.02. The molecule has 8 heteroatoms. The predicted molar refractivity (Wildman–Crippen MR) is 89.6 cm³/mol. The Morgan fingerprint density at radius 2 is 2.00 bits per heavy atom. The first kappa shape index (κ1) is 15.2. The van der Waals surface area contributed by atoms with Crippen LogP contribution in [0.3, 0.4) is 0 Å². The summed E-state index contributed by atoms with van der Waals surface area (Å²) in [6.45, 7) is 1.85. The maximum absolute atomic E-state index is 14.4. The summed E-state index contributed by atoms with van der Waals surface area (Å²) in [4.78, 5) is 13.0. The van der Waals surface area contributed by atoms with Crippen molar-refractivity contribution in [3.8, 4) is 5.69 Å². The topological polar surface area (TPSA) is 56.0 Å². The number of aliphatic imine (C=N–C) groups is 1. The van der Waals surface area contributed by atoms with E-state index in [1.807, 2.05) is 6.92 Å². The Morgan fingerprint density at radius 3 is 2.79 bits per heavy atom. The molecule has 1 aromatic carbocycles. The number of rotatable bonds is 1. The minimum absolute atomic E-state index is 0.112. The van der Waals surface area contributed by atoms with Gasteiger partial charge in [0, 0.05) is 11.8 Å². The van der Waals surface area contributed by atoms with Crippen molar-refractivity contribution < 1.29 is 4.39 Å². The molecule has 120 valence electrons. The standard InChI is InChI=1S/C16H10Cl2FN5/c1-8-16-21-7-22-24(16)11-5-4-9(17)13(18)12(11)15(23-8)14-10(19)3-2-6-20-14/h2-8H,1H3. The van der Waals surface area contributed by atoms with E-state index in [1.54, 1.807) is 16.8 Å². The summed E-state index contributed by atoms with van der Waals surface area (Å²) < 4.78 is 16.0. The molecular formula is C16H10Cl2FN5. The summed E-state index contributed by atoms with van der Waals surface area (Å²) >= 11 is 12.6. The van der Waals surface area contributed by atoms with Crippen LogP contribution in [0.2, 0.25) is 10.0 Å². The fourth-order valence-corrected chi connectivity index (χ4v) is 3.13. The van der Waals surface area contributed by atoms with Gasteiger partial charge in [-0.05, 0) is 31.2 Å². The highest BCUT2D eigenvalue weighted by molar-refractivity contribution is 6.45. The summed E-state index contributed by atoms with van der Waals surface area (Å²) in [5, 5.41) is 4.86. The lowest BCUT2D eigenvalue weighted by molar-refractivity contribution is 0.617. The molecule has 1 aliphatic rings. The molecule has 1 atom stereocenters. The Labute approximate surface area is 146 Å². The van der Waals surface area contributed by atoms with E-state index in [0.717, 1.165) is 0 Å². The van der Waals surface area contributed by atoms with Crippen LogP contribution in [0.1, 0.15) is 30.0 Å². The van der Waals surface area contributed by atoms with E-state index >= 15 is 0 Å². The van der Waals surface area contributed by atoms with Crippen LogP contribution in [-0.2, 0) is 0 Å². The molecule has 3 aromatic rings. The molecule has 0 fully saturated rings. The van der Waals surface area contributed by atoms with E-state index in [-0.39, 0.29) is 16.8 Å². The highest BCUT2D eigenvalue weighted by Crippen LogP contribution is 2.36. The second kappa shape index (κ2) is 5.65. The van der Waals surface area contributed by atoms with E-state index in [0.29, 0.717) is 27.8 Å². The third kappa shape index (κ3) is 2.22. The number of nitrogens with zero attached hydrogens (tertiary/aromatic N) is 5. The van der Waals surface area contributed by atoms with E-state index in [2.05, 4.69) is 20.1 Å². The number of pyridine rings is 1. The third-order valence-corrected chi connectivity index (χ3v) is 4.60. The van der Waals surface area contributed by atoms with Crippen molar-refractivity contribution in [3.05, 3.63) is 69.7 Å². The Kier molecular flexibility index (Phi) is 3.58. The first-order chi connectivity index (χ1) is 11.6. The third-order valence-electron chi connectivity index (χ3n) is 3.79. The largest absolute Gasteiger partial charge is 0.271 e. The normalized spacial score (nSPS) is 16.2. The minimum Gasteiger partial charge on any atom is -0.271 e. The van der Waals surface area contributed by atoms with Crippen LogP contribution >= 0.6 is 23.2 Å². The van der Waals surface area contributed by atoms with E-state index in [1.165, 1.54) is 24.7 Å². The molecule has 0 saturated heterocycles. The molecule has 24 heavy (non-hydrogen) atoms. The monoisotopic (exact) mass is 361 g/mol. The molecule has 0 N–H and O–H groups in total. The van der Waals surface area contributed by atoms with Crippen LogP contribution in [0.25, 0.3) is 5.69 Å². The van der Waals surface area contributed by atoms with Crippen LogP contribution in [-0.4, -0.2) is 25.5 Å². The summed E-state index contributed by atoms with van der Waals surface area (Å²) in [6, 6.07) is 5.92. The fraction of sp³-hybridized carbons (Fsp3) is 0.125. The lowest BCUT2D eigenvalue weighted by Crippen LogP contribution is -2.12. The second-order valence-corrected chi connectivity index (χ2v) is 6.06. The van der Waals surface area contributed by atoms with Crippen molar-refractivity contribution in [2.75, 3.05) is 0 Å². The van der Waals surface area contributed by atoms with E-state index < -0.39 is 5.82 Å². The lowest BCUT2D eigenvalue weighted by atomic mass is 10.0. The Hall–Kier alpha value is -2.31. The van der Waals surface area contributed by atoms with Gasteiger partial charge in [-0.2, -0.15) is 5.10 Å². The van der Waals surface area contributed by atoms with Gasteiger partial charge in [-0.15, -0.1) is 0 Å². The molecule has 3 heterocycles. The summed E-state index contributed by atoms with van der Waals surface area (Å²) in [5.41, 5.74) is 1.55. The van der Waals surface area contributed by atoms with Gasteiger partial charge in [0.1, 0.15) is 18.1 Å². The van der Waals surface area contributed by atoms with Gasteiger partial charge in [-0.1, -0.05) is 23.2 Å². The van der Waals surface area contributed by atoms with Crippen molar-refractivity contribution in [2.45, 2.75) is 13.0 Å². The quantitative estimate of drug-likeness (QED) is 0.657. The molecule has 0 spiro atoms. The first-order valence-corrected chi connectivity index (χ1v) is 7.91. The zero-order valence-electron chi connectivity index (χ0n) is 12.4. The van der Waals surface area contributed by atoms with Gasteiger partial charge in [0.25, 0.3) is 0 Å². The molecular weight excluding hydrogens is 352 g/mol. The van der Waals surface area contributed by atoms with Crippen molar-refractivity contribution in [2.24, 2.45) is 4.99 Å². The van der Waals surface area contributed by atoms with Gasteiger partial charge >= 0.3 is 0 Å². The SMILES string of the molecule is CC1N=C(c2ncccc2F)c2c(ccc(Cl)c2Cl)-n2ncnc21. The fourth-order valence-electron chi connectivity index (χ4n) is 2.72. The molecule has 0 bridgehead atoms. The van der Waals surface area contributed by atoms with Crippen molar-refractivity contribution >= 4 is 28.9 Å². The second-order valence-electron chi connectivity index (χ2n) is 5.27. The van der Waals surface area contributed by atoms with Crippen LogP contribution in [0, 0.1) is 5.82 Å². The zero-order chi connectivity index (χ0) is 16.8. The highest BCUT2D eigenvalue weighted by atomic mass is 35.5. The Balaban J connectivity index is 2.10. The molecule has 0 aliphatic carbocycles. The molecule has 0 saturated carbocycles. The predicted octanol–water partition coefficient (Wildman–Crippen LogP) is 4.02. The lowest BCUT2D eigenvalue weighted by Gasteiger charge is -2.13. The average molecular weight is 362 g/mol. The zero-order valence-corrected chi connectivity index (χ0v) is 13.9. The van der Waals surface area contributed by atoms with Crippen LogP contribution < -0.4 is 0 Å².